The zero-order valence-corrected chi connectivity index (χ0v) is 17.6. The number of anilines is 1. The van der Waals surface area contributed by atoms with Gasteiger partial charge in [0, 0.05) is 32.8 Å². The van der Waals surface area contributed by atoms with Crippen molar-refractivity contribution in [1.29, 1.82) is 0 Å². The normalized spacial score (nSPS) is 10.7. The van der Waals surface area contributed by atoms with Gasteiger partial charge in [-0.15, -0.1) is 11.8 Å². The minimum Gasteiger partial charge on any atom is -0.494 e. The average molecular weight is 414 g/mol. The molecule has 0 aromatic heterocycles. The van der Waals surface area contributed by atoms with Crippen molar-refractivity contribution in [2.24, 2.45) is 0 Å². The number of hydrogen-bond donors (Lipinski definition) is 1. The fourth-order valence-corrected chi connectivity index (χ4v) is 4.23. The van der Waals surface area contributed by atoms with E-state index in [9.17, 15) is 4.79 Å². The number of rotatable bonds is 7. The summed E-state index contributed by atoms with van der Waals surface area (Å²) in [7, 11) is 0. The van der Waals surface area contributed by atoms with Gasteiger partial charge in [-0.2, -0.15) is 0 Å². The van der Waals surface area contributed by atoms with Gasteiger partial charge in [0.1, 0.15) is 5.75 Å². The summed E-state index contributed by atoms with van der Waals surface area (Å²) in [5, 5.41) is 5.19. The summed E-state index contributed by atoms with van der Waals surface area (Å²) in [6.07, 6.45) is 0. The summed E-state index contributed by atoms with van der Waals surface area (Å²) in [6.45, 7) is 2.56. The van der Waals surface area contributed by atoms with Crippen LogP contribution in [-0.4, -0.2) is 12.5 Å². The van der Waals surface area contributed by atoms with Crippen molar-refractivity contribution >= 4 is 34.1 Å². The largest absolute Gasteiger partial charge is 0.494 e. The Morgan fingerprint density at radius 2 is 1.67 bits per heavy atom. The molecule has 4 heteroatoms. The molecule has 0 heterocycles. The van der Waals surface area contributed by atoms with Crippen molar-refractivity contribution < 1.29 is 9.53 Å². The molecular weight excluding hydrogens is 390 g/mol. The first kappa shape index (κ1) is 20.0. The lowest BCUT2D eigenvalue weighted by molar-refractivity contribution is 0.102. The number of benzene rings is 4. The molecule has 0 aliphatic carbocycles. The van der Waals surface area contributed by atoms with Gasteiger partial charge in [-0.25, -0.2) is 0 Å². The number of nitrogens with one attached hydrogen (secondary N) is 1. The maximum atomic E-state index is 13.0. The molecule has 0 radical (unpaired) electrons. The molecule has 150 valence electrons. The van der Waals surface area contributed by atoms with E-state index in [4.69, 9.17) is 4.74 Å². The summed E-state index contributed by atoms with van der Waals surface area (Å²) >= 11 is 1.73. The van der Waals surface area contributed by atoms with Crippen LogP contribution in [0, 0.1) is 0 Å². The van der Waals surface area contributed by atoms with Crippen molar-refractivity contribution in [3.8, 4) is 5.75 Å². The van der Waals surface area contributed by atoms with E-state index >= 15 is 0 Å². The highest BCUT2D eigenvalue weighted by molar-refractivity contribution is 7.98. The summed E-state index contributed by atoms with van der Waals surface area (Å²) in [5.74, 6) is 1.43. The van der Waals surface area contributed by atoms with Crippen molar-refractivity contribution in [2.45, 2.75) is 17.6 Å². The number of ether oxygens (including phenoxy) is 1. The Kier molecular flexibility index (Phi) is 6.35. The molecule has 0 saturated carbocycles. The molecule has 4 aromatic rings. The van der Waals surface area contributed by atoms with Crippen LogP contribution < -0.4 is 10.1 Å². The minimum absolute atomic E-state index is 0.125. The van der Waals surface area contributed by atoms with Gasteiger partial charge in [-0.1, -0.05) is 54.6 Å². The smallest absolute Gasteiger partial charge is 0.255 e. The molecule has 0 atom stereocenters. The predicted molar refractivity (Wildman–Crippen MR) is 126 cm³/mol. The summed E-state index contributed by atoms with van der Waals surface area (Å²) in [4.78, 5) is 14.2. The van der Waals surface area contributed by atoms with E-state index < -0.39 is 0 Å². The van der Waals surface area contributed by atoms with E-state index in [1.807, 2.05) is 85.8 Å². The van der Waals surface area contributed by atoms with Crippen LogP contribution in [0.15, 0.2) is 95.9 Å². The van der Waals surface area contributed by atoms with Crippen LogP contribution in [-0.2, 0) is 5.75 Å². The Labute approximate surface area is 181 Å². The summed E-state index contributed by atoms with van der Waals surface area (Å²) in [6, 6.07) is 29.8. The number of hydrogen-bond acceptors (Lipinski definition) is 3. The Hall–Kier alpha value is -3.24. The topological polar surface area (TPSA) is 38.3 Å². The van der Waals surface area contributed by atoms with Gasteiger partial charge in [-0.3, -0.25) is 4.79 Å². The average Bonchev–Trinajstić information content (AvgIpc) is 2.79. The lowest BCUT2D eigenvalue weighted by atomic mass is 10.1. The lowest BCUT2D eigenvalue weighted by Crippen LogP contribution is -2.12. The first-order valence-corrected chi connectivity index (χ1v) is 11.0. The molecule has 4 rings (SSSR count). The third kappa shape index (κ3) is 4.66. The zero-order chi connectivity index (χ0) is 20.8. The third-order valence-electron chi connectivity index (χ3n) is 4.80. The van der Waals surface area contributed by atoms with Gasteiger partial charge >= 0.3 is 0 Å². The molecule has 0 fully saturated rings. The van der Waals surface area contributed by atoms with Crippen LogP contribution in [0.1, 0.15) is 22.8 Å². The Bertz CT molecular complexity index is 1150. The van der Waals surface area contributed by atoms with Crippen LogP contribution >= 0.6 is 11.8 Å². The third-order valence-corrected chi connectivity index (χ3v) is 5.86. The van der Waals surface area contributed by atoms with E-state index in [0.29, 0.717) is 12.2 Å². The SMILES string of the molecule is CCOc1ccc(C(=O)Nc2cccc3ccccc23)cc1CSc1ccccc1. The second kappa shape index (κ2) is 9.51. The van der Waals surface area contributed by atoms with Gasteiger partial charge in [0.15, 0.2) is 0 Å². The maximum absolute atomic E-state index is 13.0. The molecule has 1 amide bonds. The van der Waals surface area contributed by atoms with Crippen LogP contribution in [0.5, 0.6) is 5.75 Å². The molecule has 30 heavy (non-hydrogen) atoms. The van der Waals surface area contributed by atoms with Crippen molar-refractivity contribution in [2.75, 3.05) is 11.9 Å². The minimum atomic E-state index is -0.125. The highest BCUT2D eigenvalue weighted by Crippen LogP contribution is 2.30. The van der Waals surface area contributed by atoms with Gasteiger partial charge in [-0.05, 0) is 48.7 Å². The molecule has 1 N–H and O–H groups in total. The standard InChI is InChI=1S/C26H23NO2S/c1-2-29-25-16-15-20(17-21(25)18-30-22-11-4-3-5-12-22)26(28)27-24-14-8-10-19-9-6-7-13-23(19)24/h3-17H,2,18H2,1H3,(H,27,28). The molecule has 0 aliphatic heterocycles. The highest BCUT2D eigenvalue weighted by atomic mass is 32.2. The van der Waals surface area contributed by atoms with E-state index in [2.05, 4.69) is 17.4 Å². The first-order valence-electron chi connectivity index (χ1n) is 9.97. The fraction of sp³-hybridized carbons (Fsp3) is 0.115. The van der Waals surface area contributed by atoms with Gasteiger partial charge in [0.2, 0.25) is 0 Å². The number of amides is 1. The summed E-state index contributed by atoms with van der Waals surface area (Å²) in [5.41, 5.74) is 2.44. The second-order valence-electron chi connectivity index (χ2n) is 6.84. The van der Waals surface area contributed by atoms with Crippen LogP contribution in [0.3, 0.4) is 0 Å². The maximum Gasteiger partial charge on any atom is 0.255 e. The monoisotopic (exact) mass is 413 g/mol. The second-order valence-corrected chi connectivity index (χ2v) is 7.89. The molecule has 4 aromatic carbocycles. The molecule has 0 saturated heterocycles. The molecule has 0 unspecified atom stereocenters. The number of carbonyl (C=O) groups excluding carboxylic acids is 1. The van der Waals surface area contributed by atoms with Gasteiger partial charge < -0.3 is 10.1 Å². The lowest BCUT2D eigenvalue weighted by Gasteiger charge is -2.13. The molecule has 0 aliphatic rings. The summed E-state index contributed by atoms with van der Waals surface area (Å²) < 4.78 is 5.79. The highest BCUT2D eigenvalue weighted by Gasteiger charge is 2.12. The number of thioether (sulfide) groups is 1. The van der Waals surface area contributed by atoms with E-state index in [0.717, 1.165) is 33.5 Å². The van der Waals surface area contributed by atoms with Gasteiger partial charge in [0.25, 0.3) is 5.91 Å². The number of carbonyl (C=O) groups is 1. The number of fused-ring (bicyclic) bond motifs is 1. The van der Waals surface area contributed by atoms with Crippen molar-refractivity contribution in [3.63, 3.8) is 0 Å². The van der Waals surface area contributed by atoms with E-state index in [1.165, 1.54) is 4.90 Å². The van der Waals surface area contributed by atoms with Crippen LogP contribution in [0.4, 0.5) is 5.69 Å². The van der Waals surface area contributed by atoms with Crippen molar-refractivity contribution in [3.05, 3.63) is 102 Å². The van der Waals surface area contributed by atoms with Crippen LogP contribution in [0.25, 0.3) is 10.8 Å². The Morgan fingerprint density at radius 3 is 2.50 bits per heavy atom. The molecule has 0 bridgehead atoms. The molecular formula is C26H23NO2S. The molecule has 3 nitrogen and oxygen atoms in total. The molecule has 0 spiro atoms. The van der Waals surface area contributed by atoms with Gasteiger partial charge in [0.05, 0.1) is 6.61 Å². The van der Waals surface area contributed by atoms with E-state index in [-0.39, 0.29) is 5.91 Å². The Balaban J connectivity index is 1.57. The van der Waals surface area contributed by atoms with Crippen molar-refractivity contribution in [1.82, 2.24) is 0 Å². The van der Waals surface area contributed by atoms with Crippen LogP contribution in [0.2, 0.25) is 0 Å². The van der Waals surface area contributed by atoms with E-state index in [1.54, 1.807) is 11.8 Å². The fourth-order valence-electron chi connectivity index (χ4n) is 3.34. The quantitative estimate of drug-likeness (QED) is 0.339. The zero-order valence-electron chi connectivity index (χ0n) is 16.8. The Morgan fingerprint density at radius 1 is 0.900 bits per heavy atom. The first-order chi connectivity index (χ1) is 14.7. The predicted octanol–water partition coefficient (Wildman–Crippen LogP) is 6.78.